The molecule has 0 bridgehead atoms. The summed E-state index contributed by atoms with van der Waals surface area (Å²) in [6, 6.07) is 14.8. The van der Waals surface area contributed by atoms with E-state index in [1.54, 1.807) is 24.3 Å². The highest BCUT2D eigenvalue weighted by molar-refractivity contribution is 7.92. The normalized spacial score (nSPS) is 15.4. The van der Waals surface area contributed by atoms with Crippen molar-refractivity contribution in [3.63, 3.8) is 0 Å². The number of sulfonamides is 1. The van der Waals surface area contributed by atoms with Gasteiger partial charge < -0.3 is 4.74 Å². The van der Waals surface area contributed by atoms with E-state index >= 15 is 0 Å². The van der Waals surface area contributed by atoms with Crippen LogP contribution in [0.5, 0.6) is 0 Å². The lowest BCUT2D eigenvalue weighted by Crippen LogP contribution is -2.26. The molecule has 1 saturated carbocycles. The Balaban J connectivity index is 1.73. The van der Waals surface area contributed by atoms with Crippen LogP contribution in [0.3, 0.4) is 0 Å². The third-order valence-electron chi connectivity index (χ3n) is 4.69. The molecule has 26 heavy (non-hydrogen) atoms. The maximum absolute atomic E-state index is 12.7. The highest BCUT2D eigenvalue weighted by Crippen LogP contribution is 2.24. The molecule has 0 aromatic heterocycles. The van der Waals surface area contributed by atoms with Gasteiger partial charge in [-0.1, -0.05) is 24.6 Å². The summed E-state index contributed by atoms with van der Waals surface area (Å²) in [5.41, 5.74) is 0.949. The van der Waals surface area contributed by atoms with Crippen LogP contribution in [0.2, 0.25) is 0 Å². The summed E-state index contributed by atoms with van der Waals surface area (Å²) >= 11 is 0. The van der Waals surface area contributed by atoms with Gasteiger partial charge in [0.25, 0.3) is 10.0 Å². The summed E-state index contributed by atoms with van der Waals surface area (Å²) in [5, 5.41) is 0. The van der Waals surface area contributed by atoms with Gasteiger partial charge in [-0.15, -0.1) is 0 Å². The third-order valence-corrected chi connectivity index (χ3v) is 6.49. The van der Waals surface area contributed by atoms with Crippen LogP contribution in [0, 0.1) is 0 Å². The van der Waals surface area contributed by atoms with Crippen LogP contribution in [0.1, 0.15) is 42.5 Å². The predicted octanol–water partition coefficient (Wildman–Crippen LogP) is 4.00. The van der Waals surface area contributed by atoms with Crippen molar-refractivity contribution in [1.29, 1.82) is 0 Å². The van der Waals surface area contributed by atoms with Crippen molar-refractivity contribution in [3.8, 4) is 0 Å². The second kappa shape index (κ2) is 7.91. The van der Waals surface area contributed by atoms with Gasteiger partial charge in [-0.2, -0.15) is 0 Å². The molecule has 5 nitrogen and oxygen atoms in total. The second-order valence-electron chi connectivity index (χ2n) is 6.50. The first kappa shape index (κ1) is 18.5. The first-order valence-corrected chi connectivity index (χ1v) is 10.3. The first-order valence-electron chi connectivity index (χ1n) is 8.83. The summed E-state index contributed by atoms with van der Waals surface area (Å²) in [4.78, 5) is 12.4. The number of carbonyl (C=O) groups is 1. The van der Waals surface area contributed by atoms with Crippen LogP contribution >= 0.6 is 0 Å². The van der Waals surface area contributed by atoms with Crippen LogP contribution in [-0.4, -0.2) is 27.5 Å². The monoisotopic (exact) mass is 373 g/mol. The fourth-order valence-corrected chi connectivity index (χ4v) is 4.30. The molecule has 1 aliphatic rings. The largest absolute Gasteiger partial charge is 0.459 e. The summed E-state index contributed by atoms with van der Waals surface area (Å²) in [6.45, 7) is 0. The molecule has 0 atom stereocenters. The van der Waals surface area contributed by atoms with Gasteiger partial charge in [0.1, 0.15) is 6.10 Å². The van der Waals surface area contributed by atoms with Gasteiger partial charge >= 0.3 is 5.97 Å². The molecule has 3 rings (SSSR count). The van der Waals surface area contributed by atoms with Gasteiger partial charge in [0, 0.05) is 7.05 Å². The van der Waals surface area contributed by atoms with Crippen LogP contribution in [0.4, 0.5) is 5.69 Å². The summed E-state index contributed by atoms with van der Waals surface area (Å²) < 4.78 is 32.2. The molecule has 0 amide bonds. The number of para-hydroxylation sites is 1. The van der Waals surface area contributed by atoms with E-state index in [1.165, 1.54) is 42.0 Å². The SMILES string of the molecule is CN(c1ccccc1)S(=O)(=O)c1ccc(C(=O)OC2CCCCC2)cc1. The van der Waals surface area contributed by atoms with E-state index < -0.39 is 16.0 Å². The zero-order valence-corrected chi connectivity index (χ0v) is 15.6. The van der Waals surface area contributed by atoms with E-state index in [0.29, 0.717) is 11.3 Å². The molecular weight excluding hydrogens is 350 g/mol. The van der Waals surface area contributed by atoms with Crippen LogP contribution < -0.4 is 4.31 Å². The lowest BCUT2D eigenvalue weighted by atomic mass is 9.98. The highest BCUT2D eigenvalue weighted by Gasteiger charge is 2.23. The minimum Gasteiger partial charge on any atom is -0.459 e. The van der Waals surface area contributed by atoms with E-state index in [2.05, 4.69) is 0 Å². The fourth-order valence-electron chi connectivity index (χ4n) is 3.10. The van der Waals surface area contributed by atoms with E-state index in [4.69, 9.17) is 4.74 Å². The molecule has 0 spiro atoms. The Kier molecular flexibility index (Phi) is 5.61. The Hall–Kier alpha value is -2.34. The number of rotatable bonds is 5. The number of hydrogen-bond donors (Lipinski definition) is 0. The number of carbonyl (C=O) groups excluding carboxylic acids is 1. The molecule has 0 aliphatic heterocycles. The molecule has 0 radical (unpaired) electrons. The fraction of sp³-hybridized carbons (Fsp3) is 0.350. The van der Waals surface area contributed by atoms with Crippen LogP contribution in [-0.2, 0) is 14.8 Å². The topological polar surface area (TPSA) is 63.7 Å². The average Bonchev–Trinajstić information content (AvgIpc) is 2.69. The lowest BCUT2D eigenvalue weighted by molar-refractivity contribution is 0.0211. The van der Waals surface area contributed by atoms with Crippen molar-refractivity contribution in [2.45, 2.75) is 43.1 Å². The van der Waals surface area contributed by atoms with Crippen molar-refractivity contribution >= 4 is 21.7 Å². The van der Waals surface area contributed by atoms with Gasteiger partial charge in [-0.3, -0.25) is 4.31 Å². The van der Waals surface area contributed by atoms with Gasteiger partial charge in [-0.25, -0.2) is 13.2 Å². The molecule has 0 heterocycles. The Morgan fingerprint density at radius 1 is 0.962 bits per heavy atom. The van der Waals surface area contributed by atoms with Gasteiger partial charge in [0.15, 0.2) is 0 Å². The standard InChI is InChI=1S/C20H23NO4S/c1-21(17-8-4-2-5-9-17)26(23,24)19-14-12-16(13-15-19)20(22)25-18-10-6-3-7-11-18/h2,4-5,8-9,12-15,18H,3,6-7,10-11H2,1H3. The Morgan fingerprint density at radius 3 is 2.19 bits per heavy atom. The van der Waals surface area contributed by atoms with Crippen molar-refractivity contribution < 1.29 is 17.9 Å². The number of ether oxygens (including phenoxy) is 1. The smallest absolute Gasteiger partial charge is 0.338 e. The zero-order chi connectivity index (χ0) is 18.6. The third kappa shape index (κ3) is 4.07. The molecule has 0 unspecified atom stereocenters. The maximum atomic E-state index is 12.7. The molecule has 138 valence electrons. The van der Waals surface area contributed by atoms with Crippen LogP contribution in [0.15, 0.2) is 59.5 Å². The lowest BCUT2D eigenvalue weighted by Gasteiger charge is -2.22. The Morgan fingerprint density at radius 2 is 1.58 bits per heavy atom. The quantitative estimate of drug-likeness (QED) is 0.743. The summed E-state index contributed by atoms with van der Waals surface area (Å²) in [7, 11) is -2.17. The minimum absolute atomic E-state index is 0.0242. The van der Waals surface area contributed by atoms with E-state index in [-0.39, 0.29) is 11.0 Å². The van der Waals surface area contributed by atoms with Gasteiger partial charge in [0.2, 0.25) is 0 Å². The van der Waals surface area contributed by atoms with Crippen molar-refractivity contribution in [2.24, 2.45) is 0 Å². The molecule has 1 fully saturated rings. The molecule has 0 saturated heterocycles. The molecule has 1 aliphatic carbocycles. The van der Waals surface area contributed by atoms with E-state index in [9.17, 15) is 13.2 Å². The number of hydrogen-bond acceptors (Lipinski definition) is 4. The van der Waals surface area contributed by atoms with Crippen molar-refractivity contribution in [2.75, 3.05) is 11.4 Å². The van der Waals surface area contributed by atoms with Crippen LogP contribution in [0.25, 0.3) is 0 Å². The molecule has 2 aromatic carbocycles. The Bertz CT molecular complexity index is 841. The molecule has 0 N–H and O–H groups in total. The number of benzene rings is 2. The minimum atomic E-state index is -3.68. The Labute approximate surface area is 154 Å². The summed E-state index contributed by atoms with van der Waals surface area (Å²) in [6.07, 6.45) is 5.14. The van der Waals surface area contributed by atoms with Gasteiger partial charge in [-0.05, 0) is 62.1 Å². The molecular formula is C20H23NO4S. The predicted molar refractivity (Wildman–Crippen MR) is 101 cm³/mol. The highest BCUT2D eigenvalue weighted by atomic mass is 32.2. The number of nitrogens with zero attached hydrogens (tertiary/aromatic N) is 1. The molecule has 2 aromatic rings. The number of esters is 1. The summed E-state index contributed by atoms with van der Waals surface area (Å²) in [5.74, 6) is -0.391. The second-order valence-corrected chi connectivity index (χ2v) is 8.47. The van der Waals surface area contributed by atoms with E-state index in [0.717, 1.165) is 25.7 Å². The maximum Gasteiger partial charge on any atom is 0.338 e. The van der Waals surface area contributed by atoms with E-state index in [1.807, 2.05) is 6.07 Å². The first-order chi connectivity index (χ1) is 12.5. The van der Waals surface area contributed by atoms with Gasteiger partial charge in [0.05, 0.1) is 16.1 Å². The number of anilines is 1. The zero-order valence-electron chi connectivity index (χ0n) is 14.8. The van der Waals surface area contributed by atoms with Crippen molar-refractivity contribution in [1.82, 2.24) is 0 Å². The average molecular weight is 373 g/mol. The van der Waals surface area contributed by atoms with Crippen molar-refractivity contribution in [3.05, 3.63) is 60.2 Å². The molecule has 6 heteroatoms.